The van der Waals surface area contributed by atoms with Crippen LogP contribution in [0.5, 0.6) is 5.88 Å². The first-order chi connectivity index (χ1) is 13.7. The first kappa shape index (κ1) is 17.3. The number of nitrogens with zero attached hydrogens (tertiary/aromatic N) is 8. The first-order valence-electron chi connectivity index (χ1n) is 9.76. The first-order valence-corrected chi connectivity index (χ1v) is 9.76. The summed E-state index contributed by atoms with van der Waals surface area (Å²) in [5, 5.41) is 22.1. The molecule has 2 aliphatic rings. The Labute approximate surface area is 163 Å². The highest BCUT2D eigenvalue weighted by atomic mass is 16.5. The van der Waals surface area contributed by atoms with Gasteiger partial charge in [-0.3, -0.25) is 0 Å². The number of rotatable bonds is 3. The number of hydrogen-bond donors (Lipinski definition) is 0. The minimum Gasteiger partial charge on any atom is -0.480 e. The Balaban J connectivity index is 1.32. The zero-order valence-corrected chi connectivity index (χ0v) is 16.2. The zero-order valence-electron chi connectivity index (χ0n) is 16.2. The predicted octanol–water partition coefficient (Wildman–Crippen LogP) is 1.29. The van der Waals surface area contributed by atoms with Crippen LogP contribution < -0.4 is 9.64 Å². The lowest BCUT2D eigenvalue weighted by Gasteiger charge is -2.32. The normalized spacial score (nSPS) is 18.4. The van der Waals surface area contributed by atoms with Crippen molar-refractivity contribution >= 4 is 11.5 Å². The smallest absolute Gasteiger partial charge is 0.231 e. The zero-order chi connectivity index (χ0) is 19.1. The third kappa shape index (κ3) is 3.05. The van der Waals surface area contributed by atoms with E-state index in [1.54, 1.807) is 7.11 Å². The van der Waals surface area contributed by atoms with Gasteiger partial charge in [-0.2, -0.15) is 9.61 Å². The molecule has 0 radical (unpaired) electrons. The van der Waals surface area contributed by atoms with Crippen LogP contribution in [-0.4, -0.2) is 68.7 Å². The van der Waals surface area contributed by atoms with Crippen LogP contribution in [0.1, 0.15) is 35.8 Å². The maximum Gasteiger partial charge on any atom is 0.231 e. The van der Waals surface area contributed by atoms with E-state index in [0.717, 1.165) is 68.4 Å². The lowest BCUT2D eigenvalue weighted by molar-refractivity contribution is 0.308. The maximum absolute atomic E-state index is 5.25. The van der Waals surface area contributed by atoms with E-state index in [0.29, 0.717) is 11.8 Å². The topological polar surface area (TPSA) is 84.6 Å². The van der Waals surface area contributed by atoms with Crippen molar-refractivity contribution in [2.75, 3.05) is 38.7 Å². The minimum absolute atomic E-state index is 0.322. The molecule has 0 aliphatic carbocycles. The van der Waals surface area contributed by atoms with Gasteiger partial charge in [0, 0.05) is 44.6 Å². The number of aromatic nitrogens is 6. The Kier molecular flexibility index (Phi) is 4.31. The monoisotopic (exact) mass is 380 g/mol. The van der Waals surface area contributed by atoms with Crippen molar-refractivity contribution in [1.29, 1.82) is 0 Å². The van der Waals surface area contributed by atoms with Gasteiger partial charge in [-0.05, 0) is 37.6 Å². The average Bonchev–Trinajstić information content (AvgIpc) is 3.16. The fourth-order valence-electron chi connectivity index (χ4n) is 4.13. The van der Waals surface area contributed by atoms with Crippen LogP contribution in [0.2, 0.25) is 0 Å². The highest BCUT2D eigenvalue weighted by Crippen LogP contribution is 2.30. The van der Waals surface area contributed by atoms with Crippen molar-refractivity contribution in [3.05, 3.63) is 35.3 Å². The predicted molar refractivity (Wildman–Crippen MR) is 104 cm³/mol. The van der Waals surface area contributed by atoms with Crippen LogP contribution >= 0.6 is 0 Å². The van der Waals surface area contributed by atoms with Crippen LogP contribution in [0.15, 0.2) is 18.2 Å². The number of methoxy groups -OCH3 is 1. The van der Waals surface area contributed by atoms with Crippen LogP contribution in [0.25, 0.3) is 5.65 Å². The summed E-state index contributed by atoms with van der Waals surface area (Å²) >= 11 is 0. The van der Waals surface area contributed by atoms with Crippen molar-refractivity contribution in [2.45, 2.75) is 31.7 Å². The summed E-state index contributed by atoms with van der Waals surface area (Å²) in [6.45, 7) is 3.85. The summed E-state index contributed by atoms with van der Waals surface area (Å²) in [6, 6.07) is 5.91. The molecule has 0 saturated carbocycles. The lowest BCUT2D eigenvalue weighted by Crippen LogP contribution is -2.35. The molecule has 146 valence electrons. The number of fused-ring (bicyclic) bond motifs is 2. The molecule has 5 heterocycles. The number of hydrogen-bond acceptors (Lipinski definition) is 8. The van der Waals surface area contributed by atoms with Gasteiger partial charge in [-0.1, -0.05) is 0 Å². The molecule has 0 spiro atoms. The largest absolute Gasteiger partial charge is 0.480 e. The molecule has 0 unspecified atom stereocenters. The van der Waals surface area contributed by atoms with E-state index in [4.69, 9.17) is 4.74 Å². The maximum atomic E-state index is 5.25. The summed E-state index contributed by atoms with van der Waals surface area (Å²) in [4.78, 5) is 4.66. The molecule has 28 heavy (non-hydrogen) atoms. The third-order valence-corrected chi connectivity index (χ3v) is 5.77. The number of likely N-dealkylation sites (N-methyl/N-ethyl adjacent to an activating group) is 1. The van der Waals surface area contributed by atoms with Crippen LogP contribution in [-0.2, 0) is 13.0 Å². The van der Waals surface area contributed by atoms with E-state index in [-0.39, 0.29) is 0 Å². The summed E-state index contributed by atoms with van der Waals surface area (Å²) in [5.74, 6) is 2.79. The Bertz CT molecular complexity index is 995. The molecule has 3 aromatic heterocycles. The number of anilines is 1. The Morgan fingerprint density at radius 2 is 1.89 bits per heavy atom. The minimum atomic E-state index is 0.322. The molecule has 0 amide bonds. The summed E-state index contributed by atoms with van der Waals surface area (Å²) in [5.41, 5.74) is 3.20. The van der Waals surface area contributed by atoms with E-state index in [9.17, 15) is 0 Å². The van der Waals surface area contributed by atoms with Gasteiger partial charge in [0.15, 0.2) is 17.3 Å². The molecule has 9 heteroatoms. The summed E-state index contributed by atoms with van der Waals surface area (Å²) in [7, 11) is 3.77. The van der Waals surface area contributed by atoms with E-state index in [2.05, 4.69) is 48.4 Å². The van der Waals surface area contributed by atoms with Crippen molar-refractivity contribution in [3.63, 3.8) is 0 Å². The van der Waals surface area contributed by atoms with Gasteiger partial charge in [0.1, 0.15) is 0 Å². The molecular formula is C19H24N8O. The second kappa shape index (κ2) is 6.97. The van der Waals surface area contributed by atoms with E-state index >= 15 is 0 Å². The molecule has 2 aliphatic heterocycles. The SMILES string of the molecule is COc1ccc2nnc(C3CCN(c4cc5c(nn4)CCN(C)C5)CC3)n2n1. The Morgan fingerprint density at radius 3 is 2.71 bits per heavy atom. The van der Waals surface area contributed by atoms with Crippen molar-refractivity contribution in [1.82, 2.24) is 34.9 Å². The van der Waals surface area contributed by atoms with Gasteiger partial charge in [0.2, 0.25) is 5.88 Å². The van der Waals surface area contributed by atoms with Crippen LogP contribution in [0.3, 0.4) is 0 Å². The Morgan fingerprint density at radius 1 is 1.04 bits per heavy atom. The summed E-state index contributed by atoms with van der Waals surface area (Å²) < 4.78 is 7.06. The van der Waals surface area contributed by atoms with Crippen LogP contribution in [0.4, 0.5) is 5.82 Å². The molecule has 0 N–H and O–H groups in total. The van der Waals surface area contributed by atoms with Gasteiger partial charge in [0.05, 0.1) is 12.8 Å². The van der Waals surface area contributed by atoms with Gasteiger partial charge in [-0.25, -0.2) is 0 Å². The van der Waals surface area contributed by atoms with E-state index in [1.165, 1.54) is 5.56 Å². The van der Waals surface area contributed by atoms with Crippen molar-refractivity contribution in [2.24, 2.45) is 0 Å². The number of ether oxygens (including phenoxy) is 1. The molecule has 0 bridgehead atoms. The standard InChI is InChI=1S/C19H24N8O/c1-25-8-7-15-14(12-25)11-17(22-20-15)26-9-5-13(6-10-26)19-23-21-16-3-4-18(28-2)24-27(16)19/h3-4,11,13H,5-10,12H2,1-2H3. The second-order valence-electron chi connectivity index (χ2n) is 7.63. The van der Waals surface area contributed by atoms with Crippen molar-refractivity contribution < 1.29 is 4.74 Å². The Hall–Kier alpha value is -2.81. The highest BCUT2D eigenvalue weighted by molar-refractivity contribution is 5.43. The van der Waals surface area contributed by atoms with Crippen molar-refractivity contribution in [3.8, 4) is 5.88 Å². The van der Waals surface area contributed by atoms with Gasteiger partial charge < -0.3 is 14.5 Å². The quantitative estimate of drug-likeness (QED) is 0.672. The summed E-state index contributed by atoms with van der Waals surface area (Å²) in [6.07, 6.45) is 2.95. The molecule has 3 aromatic rings. The van der Waals surface area contributed by atoms with Gasteiger partial charge >= 0.3 is 0 Å². The van der Waals surface area contributed by atoms with Gasteiger partial charge in [-0.15, -0.1) is 20.4 Å². The fourth-order valence-corrected chi connectivity index (χ4v) is 4.13. The molecule has 0 atom stereocenters. The average molecular weight is 380 g/mol. The molecular weight excluding hydrogens is 356 g/mol. The molecule has 9 nitrogen and oxygen atoms in total. The molecule has 0 aromatic carbocycles. The lowest BCUT2D eigenvalue weighted by atomic mass is 9.96. The number of piperidine rings is 1. The highest BCUT2D eigenvalue weighted by Gasteiger charge is 2.27. The van der Waals surface area contributed by atoms with Crippen LogP contribution in [0, 0.1) is 0 Å². The molecule has 1 saturated heterocycles. The fraction of sp³-hybridized carbons (Fsp3) is 0.526. The second-order valence-corrected chi connectivity index (χ2v) is 7.63. The van der Waals surface area contributed by atoms with E-state index < -0.39 is 0 Å². The van der Waals surface area contributed by atoms with Gasteiger partial charge in [0.25, 0.3) is 0 Å². The molecule has 5 rings (SSSR count). The van der Waals surface area contributed by atoms with E-state index in [1.807, 2.05) is 16.6 Å². The third-order valence-electron chi connectivity index (χ3n) is 5.77. The molecule has 1 fully saturated rings.